The third kappa shape index (κ3) is 7.70. The fraction of sp³-hybridized carbons (Fsp3) is 0.600. The molecule has 1 N–H and O–H groups in total. The standard InChI is InChI=1S/C15H23ClN2.2ClH/c16-15-7-5-6-14(12-15)13-17-8-11-18-9-3-1-2-4-10-18;;/h5-7,12,17H,1-4,8-11,13H2;2*1H. The number of rotatable bonds is 5. The van der Waals surface area contributed by atoms with Crippen molar-refractivity contribution in [3.8, 4) is 0 Å². The summed E-state index contributed by atoms with van der Waals surface area (Å²) in [5, 5.41) is 4.32. The number of nitrogens with one attached hydrogen (secondary N) is 1. The van der Waals surface area contributed by atoms with Gasteiger partial charge in [-0.1, -0.05) is 36.6 Å². The van der Waals surface area contributed by atoms with Gasteiger partial charge in [0.15, 0.2) is 0 Å². The summed E-state index contributed by atoms with van der Waals surface area (Å²) in [6, 6.07) is 8.07. The average molecular weight is 340 g/mol. The molecule has 116 valence electrons. The van der Waals surface area contributed by atoms with Gasteiger partial charge in [0.05, 0.1) is 0 Å². The maximum atomic E-state index is 5.96. The van der Waals surface area contributed by atoms with Gasteiger partial charge in [0, 0.05) is 24.7 Å². The van der Waals surface area contributed by atoms with Crippen LogP contribution in [-0.4, -0.2) is 31.1 Å². The van der Waals surface area contributed by atoms with Crippen molar-refractivity contribution in [2.24, 2.45) is 0 Å². The summed E-state index contributed by atoms with van der Waals surface area (Å²) in [6.45, 7) is 5.69. The van der Waals surface area contributed by atoms with Crippen molar-refractivity contribution in [2.75, 3.05) is 26.2 Å². The second-order valence-corrected chi connectivity index (χ2v) is 5.50. The summed E-state index contributed by atoms with van der Waals surface area (Å²) in [7, 11) is 0. The van der Waals surface area contributed by atoms with E-state index in [0.29, 0.717) is 0 Å². The Morgan fingerprint density at radius 2 is 1.75 bits per heavy atom. The highest BCUT2D eigenvalue weighted by atomic mass is 35.5. The number of nitrogens with zero attached hydrogens (tertiary/aromatic N) is 1. The van der Waals surface area contributed by atoms with Gasteiger partial charge >= 0.3 is 0 Å². The van der Waals surface area contributed by atoms with Crippen molar-refractivity contribution in [1.82, 2.24) is 10.2 Å². The first-order valence-corrected chi connectivity index (χ1v) is 7.40. The predicted molar refractivity (Wildman–Crippen MR) is 92.6 cm³/mol. The minimum atomic E-state index is 0. The third-order valence-electron chi connectivity index (χ3n) is 3.52. The molecule has 1 aliphatic heterocycles. The molecule has 2 nitrogen and oxygen atoms in total. The maximum absolute atomic E-state index is 5.96. The Morgan fingerprint density at radius 1 is 1.05 bits per heavy atom. The fourth-order valence-corrected chi connectivity index (χ4v) is 2.69. The third-order valence-corrected chi connectivity index (χ3v) is 3.76. The molecule has 0 aromatic heterocycles. The normalized spacial score (nSPS) is 15.8. The Morgan fingerprint density at radius 3 is 2.40 bits per heavy atom. The van der Waals surface area contributed by atoms with E-state index in [9.17, 15) is 0 Å². The summed E-state index contributed by atoms with van der Waals surface area (Å²) in [5.41, 5.74) is 1.26. The molecule has 1 aromatic carbocycles. The van der Waals surface area contributed by atoms with Gasteiger partial charge in [-0.15, -0.1) is 24.8 Å². The van der Waals surface area contributed by atoms with E-state index in [2.05, 4.69) is 16.3 Å². The van der Waals surface area contributed by atoms with Gasteiger partial charge in [0.25, 0.3) is 0 Å². The molecule has 0 radical (unpaired) electrons. The maximum Gasteiger partial charge on any atom is 0.0409 e. The van der Waals surface area contributed by atoms with Gasteiger partial charge in [-0.3, -0.25) is 0 Å². The van der Waals surface area contributed by atoms with Crippen molar-refractivity contribution in [2.45, 2.75) is 32.2 Å². The van der Waals surface area contributed by atoms with Crippen LogP contribution in [0.15, 0.2) is 24.3 Å². The van der Waals surface area contributed by atoms with Crippen LogP contribution in [0.2, 0.25) is 5.02 Å². The molecule has 0 atom stereocenters. The predicted octanol–water partition coefficient (Wildman–Crippen LogP) is 4.15. The van der Waals surface area contributed by atoms with Crippen LogP contribution < -0.4 is 5.32 Å². The zero-order valence-corrected chi connectivity index (χ0v) is 14.2. The van der Waals surface area contributed by atoms with Crippen LogP contribution in [-0.2, 0) is 6.54 Å². The first kappa shape index (κ1) is 20.0. The van der Waals surface area contributed by atoms with Crippen LogP contribution in [0.1, 0.15) is 31.2 Å². The molecule has 0 aliphatic carbocycles. The summed E-state index contributed by atoms with van der Waals surface area (Å²) in [5.74, 6) is 0. The lowest BCUT2D eigenvalue weighted by atomic mass is 10.2. The van der Waals surface area contributed by atoms with Crippen LogP contribution in [0.25, 0.3) is 0 Å². The van der Waals surface area contributed by atoms with Gasteiger partial charge in [-0.25, -0.2) is 0 Å². The Labute approximate surface area is 140 Å². The largest absolute Gasteiger partial charge is 0.311 e. The zero-order chi connectivity index (χ0) is 12.6. The molecule has 1 aromatic rings. The fourth-order valence-electron chi connectivity index (χ4n) is 2.48. The van der Waals surface area contributed by atoms with Gasteiger partial charge in [-0.2, -0.15) is 0 Å². The molecule has 1 heterocycles. The van der Waals surface area contributed by atoms with Crippen molar-refractivity contribution in [1.29, 1.82) is 0 Å². The minimum absolute atomic E-state index is 0. The van der Waals surface area contributed by atoms with Crippen molar-refractivity contribution < 1.29 is 0 Å². The number of hydrogen-bond donors (Lipinski definition) is 1. The SMILES string of the molecule is Cl.Cl.Clc1cccc(CNCCN2CCCCCC2)c1. The van der Waals surface area contributed by atoms with E-state index in [0.717, 1.165) is 18.1 Å². The number of halogens is 3. The van der Waals surface area contributed by atoms with E-state index < -0.39 is 0 Å². The first-order chi connectivity index (χ1) is 8.84. The molecule has 0 saturated carbocycles. The second-order valence-electron chi connectivity index (χ2n) is 5.06. The van der Waals surface area contributed by atoms with Crippen LogP contribution in [0, 0.1) is 0 Å². The van der Waals surface area contributed by atoms with Gasteiger partial charge in [0.1, 0.15) is 0 Å². The summed E-state index contributed by atoms with van der Waals surface area (Å²) < 4.78 is 0. The average Bonchev–Trinajstić information content (AvgIpc) is 2.63. The Balaban J connectivity index is 0.00000180. The number of benzene rings is 1. The monoisotopic (exact) mass is 338 g/mol. The lowest BCUT2D eigenvalue weighted by Gasteiger charge is -2.19. The van der Waals surface area contributed by atoms with E-state index in [1.54, 1.807) is 0 Å². The molecule has 1 fully saturated rings. The quantitative estimate of drug-likeness (QED) is 0.811. The van der Waals surface area contributed by atoms with Crippen LogP contribution >= 0.6 is 36.4 Å². The molecule has 1 aliphatic rings. The van der Waals surface area contributed by atoms with Crippen molar-refractivity contribution >= 4 is 36.4 Å². The summed E-state index contributed by atoms with van der Waals surface area (Å²) >= 11 is 5.96. The molecular weight excluding hydrogens is 315 g/mol. The van der Waals surface area contributed by atoms with Gasteiger partial charge < -0.3 is 10.2 Å². The lowest BCUT2D eigenvalue weighted by molar-refractivity contribution is 0.284. The molecule has 5 heteroatoms. The minimum Gasteiger partial charge on any atom is -0.311 e. The highest BCUT2D eigenvalue weighted by molar-refractivity contribution is 6.30. The smallest absolute Gasteiger partial charge is 0.0409 e. The number of hydrogen-bond acceptors (Lipinski definition) is 2. The summed E-state index contributed by atoms with van der Waals surface area (Å²) in [4.78, 5) is 2.58. The van der Waals surface area contributed by atoms with E-state index >= 15 is 0 Å². The lowest BCUT2D eigenvalue weighted by Crippen LogP contribution is -2.32. The first-order valence-electron chi connectivity index (χ1n) is 7.02. The molecule has 20 heavy (non-hydrogen) atoms. The molecule has 0 bridgehead atoms. The highest BCUT2D eigenvalue weighted by Crippen LogP contribution is 2.10. The van der Waals surface area contributed by atoms with E-state index in [4.69, 9.17) is 11.6 Å². The van der Waals surface area contributed by atoms with Crippen molar-refractivity contribution in [3.63, 3.8) is 0 Å². The topological polar surface area (TPSA) is 15.3 Å². The van der Waals surface area contributed by atoms with Crippen LogP contribution in [0.4, 0.5) is 0 Å². The van der Waals surface area contributed by atoms with Crippen LogP contribution in [0.3, 0.4) is 0 Å². The molecule has 2 rings (SSSR count). The van der Waals surface area contributed by atoms with Gasteiger partial charge in [0.2, 0.25) is 0 Å². The summed E-state index contributed by atoms with van der Waals surface area (Å²) in [6.07, 6.45) is 5.56. The zero-order valence-electron chi connectivity index (χ0n) is 11.8. The van der Waals surface area contributed by atoms with E-state index in [-0.39, 0.29) is 24.8 Å². The molecule has 0 amide bonds. The van der Waals surface area contributed by atoms with E-state index in [1.165, 1.54) is 50.9 Å². The molecular formula is C15H25Cl3N2. The van der Waals surface area contributed by atoms with E-state index in [1.807, 2.05) is 18.2 Å². The van der Waals surface area contributed by atoms with Crippen LogP contribution in [0.5, 0.6) is 0 Å². The van der Waals surface area contributed by atoms with Gasteiger partial charge in [-0.05, 0) is 43.6 Å². The Kier molecular flexibility index (Phi) is 11.7. The molecule has 1 saturated heterocycles. The Hall–Kier alpha value is 0.01000. The molecule has 0 unspecified atom stereocenters. The number of likely N-dealkylation sites (tertiary alicyclic amines) is 1. The highest BCUT2D eigenvalue weighted by Gasteiger charge is 2.07. The molecule has 0 spiro atoms. The Bertz CT molecular complexity index is 353. The second kappa shape index (κ2) is 11.6. The van der Waals surface area contributed by atoms with Crippen molar-refractivity contribution in [3.05, 3.63) is 34.9 Å².